The van der Waals surface area contributed by atoms with E-state index < -0.39 is 11.4 Å². The first-order valence-electron chi connectivity index (χ1n) is 7.04. The Labute approximate surface area is 131 Å². The summed E-state index contributed by atoms with van der Waals surface area (Å²) in [6, 6.07) is 9.03. The second-order valence-electron chi connectivity index (χ2n) is 5.52. The van der Waals surface area contributed by atoms with Crippen LogP contribution in [0.25, 0.3) is 10.1 Å². The summed E-state index contributed by atoms with van der Waals surface area (Å²) in [6.07, 6.45) is 2.98. The van der Waals surface area contributed by atoms with Crippen molar-refractivity contribution in [2.45, 2.75) is 25.7 Å². The van der Waals surface area contributed by atoms with E-state index in [4.69, 9.17) is 5.11 Å². The maximum absolute atomic E-state index is 12.4. The average molecular weight is 314 g/mol. The van der Waals surface area contributed by atoms with E-state index in [1.165, 1.54) is 11.3 Å². The molecule has 0 unspecified atom stereocenters. The summed E-state index contributed by atoms with van der Waals surface area (Å²) in [6.45, 7) is 0. The maximum atomic E-state index is 12.4. The predicted octanol–water partition coefficient (Wildman–Crippen LogP) is 3.62. The molecule has 1 heterocycles. The highest BCUT2D eigenvalue weighted by Crippen LogP contribution is 2.38. The largest absolute Gasteiger partial charge is 0.477 e. The van der Waals surface area contributed by atoms with Crippen molar-refractivity contribution < 1.29 is 14.7 Å². The molecule has 3 rings (SSSR count). The lowest BCUT2D eigenvalue weighted by molar-refractivity contribution is -0.122. The van der Waals surface area contributed by atoms with E-state index in [9.17, 15) is 14.9 Å². The van der Waals surface area contributed by atoms with E-state index in [1.807, 2.05) is 0 Å². The van der Waals surface area contributed by atoms with E-state index >= 15 is 0 Å². The lowest BCUT2D eigenvalue weighted by Gasteiger charge is -2.19. The highest BCUT2D eigenvalue weighted by molar-refractivity contribution is 7.20. The molecule has 1 aliphatic carbocycles. The number of carboxylic acids is 1. The number of amides is 1. The van der Waals surface area contributed by atoms with Crippen LogP contribution in [-0.2, 0) is 4.79 Å². The number of nitrogens with one attached hydrogen (secondary N) is 1. The summed E-state index contributed by atoms with van der Waals surface area (Å²) in [5, 5.41) is 21.9. The quantitative estimate of drug-likeness (QED) is 0.905. The second kappa shape index (κ2) is 5.43. The normalized spacial score (nSPS) is 16.3. The number of aromatic carboxylic acids is 1. The third-order valence-electron chi connectivity index (χ3n) is 4.09. The second-order valence-corrected chi connectivity index (χ2v) is 6.61. The highest BCUT2D eigenvalue weighted by atomic mass is 32.1. The number of rotatable bonds is 3. The molecule has 2 N–H and O–H groups in total. The highest BCUT2D eigenvalue weighted by Gasteiger charge is 2.41. The number of thiophene rings is 1. The van der Waals surface area contributed by atoms with Gasteiger partial charge in [-0.05, 0) is 42.5 Å². The molecule has 1 aliphatic rings. The van der Waals surface area contributed by atoms with Gasteiger partial charge in [0.2, 0.25) is 5.91 Å². The molecule has 22 heavy (non-hydrogen) atoms. The van der Waals surface area contributed by atoms with Crippen molar-refractivity contribution >= 4 is 39.0 Å². The fourth-order valence-electron chi connectivity index (χ4n) is 2.85. The first kappa shape index (κ1) is 14.5. The Hall–Kier alpha value is -2.39. The molecular weight excluding hydrogens is 300 g/mol. The van der Waals surface area contributed by atoms with Crippen molar-refractivity contribution in [2.75, 3.05) is 5.32 Å². The Morgan fingerprint density at radius 2 is 2.00 bits per heavy atom. The molecule has 1 aromatic heterocycles. The Kier molecular flexibility index (Phi) is 3.59. The minimum absolute atomic E-state index is 0.263. The summed E-state index contributed by atoms with van der Waals surface area (Å²) in [5.74, 6) is -1.22. The molecule has 1 saturated carbocycles. The number of carboxylic acid groups (broad SMARTS) is 1. The van der Waals surface area contributed by atoms with Gasteiger partial charge in [-0.3, -0.25) is 4.79 Å². The van der Waals surface area contributed by atoms with Crippen molar-refractivity contribution in [1.82, 2.24) is 0 Å². The first-order valence-corrected chi connectivity index (χ1v) is 7.85. The SMILES string of the molecule is N#CC1(C(=O)Nc2ccc3sc(C(=O)O)cc3c2)CCCC1. The van der Waals surface area contributed by atoms with E-state index in [0.717, 1.165) is 22.9 Å². The number of hydrogen-bond donors (Lipinski definition) is 2. The zero-order valence-corrected chi connectivity index (χ0v) is 12.6. The van der Waals surface area contributed by atoms with Crippen LogP contribution in [-0.4, -0.2) is 17.0 Å². The van der Waals surface area contributed by atoms with Crippen molar-refractivity contribution in [3.05, 3.63) is 29.1 Å². The summed E-state index contributed by atoms with van der Waals surface area (Å²) >= 11 is 1.20. The van der Waals surface area contributed by atoms with Gasteiger partial charge in [-0.2, -0.15) is 5.26 Å². The molecule has 6 heteroatoms. The van der Waals surface area contributed by atoms with Crippen molar-refractivity contribution in [1.29, 1.82) is 5.26 Å². The van der Waals surface area contributed by atoms with Gasteiger partial charge in [-0.25, -0.2) is 4.79 Å². The molecule has 0 radical (unpaired) electrons. The number of hydrogen-bond acceptors (Lipinski definition) is 4. The molecule has 0 atom stereocenters. The third kappa shape index (κ3) is 2.44. The fourth-order valence-corrected chi connectivity index (χ4v) is 3.73. The van der Waals surface area contributed by atoms with Crippen LogP contribution < -0.4 is 5.32 Å². The van der Waals surface area contributed by atoms with Crippen LogP contribution in [0.4, 0.5) is 5.69 Å². The molecule has 1 aromatic carbocycles. The molecule has 1 amide bonds. The Morgan fingerprint density at radius 3 is 2.64 bits per heavy atom. The number of carbonyl (C=O) groups is 2. The van der Waals surface area contributed by atoms with Gasteiger partial charge in [0.05, 0.1) is 6.07 Å². The predicted molar refractivity (Wildman–Crippen MR) is 83.9 cm³/mol. The van der Waals surface area contributed by atoms with Gasteiger partial charge in [-0.1, -0.05) is 12.8 Å². The van der Waals surface area contributed by atoms with Gasteiger partial charge in [0.15, 0.2) is 0 Å². The summed E-state index contributed by atoms with van der Waals surface area (Å²) in [4.78, 5) is 23.7. The van der Waals surface area contributed by atoms with Crippen molar-refractivity contribution in [2.24, 2.45) is 5.41 Å². The number of anilines is 1. The summed E-state index contributed by atoms with van der Waals surface area (Å²) in [7, 11) is 0. The zero-order valence-electron chi connectivity index (χ0n) is 11.8. The molecule has 1 fully saturated rings. The smallest absolute Gasteiger partial charge is 0.345 e. The van der Waals surface area contributed by atoms with Crippen LogP contribution in [0.2, 0.25) is 0 Å². The van der Waals surface area contributed by atoms with Gasteiger partial charge in [-0.15, -0.1) is 11.3 Å². The lowest BCUT2D eigenvalue weighted by Crippen LogP contribution is -2.32. The monoisotopic (exact) mass is 314 g/mol. The molecule has 0 bridgehead atoms. The molecule has 2 aromatic rings. The topological polar surface area (TPSA) is 90.2 Å². The standard InChI is InChI=1S/C16H14N2O3S/c17-9-16(5-1-2-6-16)15(21)18-11-3-4-12-10(7-11)8-13(22-12)14(19)20/h3-4,7-8H,1-2,5-6H2,(H,18,21)(H,19,20). The average Bonchev–Trinajstić information content (AvgIpc) is 3.14. The maximum Gasteiger partial charge on any atom is 0.345 e. The summed E-state index contributed by atoms with van der Waals surface area (Å²) < 4.78 is 0.853. The molecule has 0 aliphatic heterocycles. The minimum Gasteiger partial charge on any atom is -0.477 e. The Bertz CT molecular complexity index is 797. The molecular formula is C16H14N2O3S. The van der Waals surface area contributed by atoms with E-state index in [0.29, 0.717) is 18.5 Å². The van der Waals surface area contributed by atoms with Crippen LogP contribution in [0.15, 0.2) is 24.3 Å². The van der Waals surface area contributed by atoms with Gasteiger partial charge in [0, 0.05) is 10.4 Å². The van der Waals surface area contributed by atoms with Crippen LogP contribution in [0, 0.1) is 16.7 Å². The van der Waals surface area contributed by atoms with Gasteiger partial charge < -0.3 is 10.4 Å². The fraction of sp³-hybridized carbons (Fsp3) is 0.312. The van der Waals surface area contributed by atoms with E-state index in [1.54, 1.807) is 24.3 Å². The number of benzene rings is 1. The summed E-state index contributed by atoms with van der Waals surface area (Å²) in [5.41, 5.74) is -0.329. The minimum atomic E-state index is -0.957. The number of fused-ring (bicyclic) bond motifs is 1. The third-order valence-corrected chi connectivity index (χ3v) is 5.19. The van der Waals surface area contributed by atoms with E-state index in [-0.39, 0.29) is 10.8 Å². The van der Waals surface area contributed by atoms with Gasteiger partial charge >= 0.3 is 5.97 Å². The molecule has 0 saturated heterocycles. The number of nitrogens with zero attached hydrogens (tertiary/aromatic N) is 1. The molecule has 5 nitrogen and oxygen atoms in total. The number of carbonyl (C=O) groups excluding carboxylic acids is 1. The van der Waals surface area contributed by atoms with Gasteiger partial charge in [0.25, 0.3) is 0 Å². The van der Waals surface area contributed by atoms with Crippen molar-refractivity contribution in [3.8, 4) is 6.07 Å². The van der Waals surface area contributed by atoms with Crippen LogP contribution in [0.5, 0.6) is 0 Å². The Balaban J connectivity index is 1.86. The van der Waals surface area contributed by atoms with Crippen LogP contribution >= 0.6 is 11.3 Å². The van der Waals surface area contributed by atoms with Gasteiger partial charge in [0.1, 0.15) is 10.3 Å². The van der Waals surface area contributed by atoms with Crippen molar-refractivity contribution in [3.63, 3.8) is 0 Å². The lowest BCUT2D eigenvalue weighted by atomic mass is 9.87. The Morgan fingerprint density at radius 1 is 1.27 bits per heavy atom. The molecule has 112 valence electrons. The van der Waals surface area contributed by atoms with E-state index in [2.05, 4.69) is 11.4 Å². The van der Waals surface area contributed by atoms with Crippen LogP contribution in [0.1, 0.15) is 35.4 Å². The zero-order chi connectivity index (χ0) is 15.7. The van der Waals surface area contributed by atoms with Crippen LogP contribution in [0.3, 0.4) is 0 Å². The number of nitriles is 1. The first-order chi connectivity index (χ1) is 10.5. The molecule has 0 spiro atoms.